The summed E-state index contributed by atoms with van der Waals surface area (Å²) in [6.07, 6.45) is 0. The van der Waals surface area contributed by atoms with Crippen LogP contribution in [0.3, 0.4) is 0 Å². The topological polar surface area (TPSA) is 55.8 Å². The lowest BCUT2D eigenvalue weighted by atomic mass is 9.93. The van der Waals surface area contributed by atoms with Gasteiger partial charge in [0.25, 0.3) is 0 Å². The van der Waals surface area contributed by atoms with Crippen LogP contribution in [0.25, 0.3) is 0 Å². The maximum atomic E-state index is 12.1. The Labute approximate surface area is 101 Å². The minimum absolute atomic E-state index is 0.0139. The molecule has 5 heteroatoms. The quantitative estimate of drug-likeness (QED) is 0.669. The number of ketones is 2. The van der Waals surface area contributed by atoms with E-state index in [2.05, 4.69) is 0 Å². The molecule has 0 N–H and O–H groups in total. The van der Waals surface area contributed by atoms with Crippen LogP contribution in [0, 0.1) is 0 Å². The number of nitrogens with zero attached hydrogens (tertiary/aromatic N) is 1. The molecule has 0 amide bonds. The molecule has 0 spiro atoms. The van der Waals surface area contributed by atoms with E-state index in [1.165, 1.54) is 14.2 Å². The van der Waals surface area contributed by atoms with E-state index in [0.29, 0.717) is 17.7 Å². The van der Waals surface area contributed by atoms with Crippen LogP contribution < -0.4 is 0 Å². The van der Waals surface area contributed by atoms with E-state index < -0.39 is 0 Å². The van der Waals surface area contributed by atoms with Gasteiger partial charge in [0, 0.05) is 17.7 Å². The first-order chi connectivity index (χ1) is 7.93. The van der Waals surface area contributed by atoms with Crippen LogP contribution in [0.4, 0.5) is 0 Å². The molecule has 1 aliphatic rings. The molecule has 0 radical (unpaired) electrons. The third-order valence-corrected chi connectivity index (χ3v) is 2.57. The third kappa shape index (κ3) is 2.39. The molecule has 0 bridgehead atoms. The zero-order valence-electron chi connectivity index (χ0n) is 10.8. The number of Topliss-reactive ketones (excluding diaryl/α,β-unsaturated/α-hetero) is 2. The van der Waals surface area contributed by atoms with Gasteiger partial charge in [-0.3, -0.25) is 9.59 Å². The van der Waals surface area contributed by atoms with Gasteiger partial charge in [0.15, 0.2) is 0 Å². The predicted octanol–water partition coefficient (Wildman–Crippen LogP) is 0.521. The molecule has 0 atom stereocenters. The Hall–Kier alpha value is -1.62. The average molecular weight is 239 g/mol. The van der Waals surface area contributed by atoms with Crippen molar-refractivity contribution in [2.24, 2.45) is 0 Å². The molecule has 94 valence electrons. The first-order valence-corrected chi connectivity index (χ1v) is 5.20. The highest BCUT2D eigenvalue weighted by molar-refractivity contribution is 6.23. The number of carbonyl (C=O) groups excluding carboxylic acids is 2. The molecule has 0 aromatic heterocycles. The second kappa shape index (κ2) is 5.14. The maximum absolute atomic E-state index is 12.1. The SMILES string of the molecule is COC1=C(OC)C(=O)C(CN(C)C)=C(C)C1=O. The van der Waals surface area contributed by atoms with Crippen molar-refractivity contribution >= 4 is 11.6 Å². The van der Waals surface area contributed by atoms with Gasteiger partial charge in [-0.25, -0.2) is 0 Å². The Kier molecular flexibility index (Phi) is 4.07. The van der Waals surface area contributed by atoms with E-state index in [9.17, 15) is 9.59 Å². The number of carbonyl (C=O) groups is 2. The van der Waals surface area contributed by atoms with Gasteiger partial charge >= 0.3 is 0 Å². The van der Waals surface area contributed by atoms with Crippen molar-refractivity contribution in [3.8, 4) is 0 Å². The van der Waals surface area contributed by atoms with Crippen molar-refractivity contribution < 1.29 is 19.1 Å². The molecule has 0 saturated heterocycles. The lowest BCUT2D eigenvalue weighted by Crippen LogP contribution is -2.30. The fraction of sp³-hybridized carbons (Fsp3) is 0.500. The van der Waals surface area contributed by atoms with Crippen molar-refractivity contribution in [3.63, 3.8) is 0 Å². The highest BCUT2D eigenvalue weighted by Gasteiger charge is 2.34. The monoisotopic (exact) mass is 239 g/mol. The van der Waals surface area contributed by atoms with E-state index in [-0.39, 0.29) is 23.1 Å². The van der Waals surface area contributed by atoms with Gasteiger partial charge in [-0.05, 0) is 21.0 Å². The minimum atomic E-state index is -0.291. The second-order valence-electron chi connectivity index (χ2n) is 4.07. The van der Waals surface area contributed by atoms with Crippen LogP contribution in [0.15, 0.2) is 22.7 Å². The van der Waals surface area contributed by atoms with E-state index in [0.717, 1.165) is 0 Å². The van der Waals surface area contributed by atoms with Crippen molar-refractivity contribution in [1.82, 2.24) is 4.90 Å². The van der Waals surface area contributed by atoms with Crippen molar-refractivity contribution in [2.75, 3.05) is 34.9 Å². The lowest BCUT2D eigenvalue weighted by molar-refractivity contribution is -0.121. The molecule has 17 heavy (non-hydrogen) atoms. The fourth-order valence-corrected chi connectivity index (χ4v) is 1.70. The molecule has 0 fully saturated rings. The van der Waals surface area contributed by atoms with Crippen molar-refractivity contribution in [3.05, 3.63) is 22.7 Å². The average Bonchev–Trinajstić information content (AvgIpc) is 2.28. The van der Waals surface area contributed by atoms with Crippen LogP contribution >= 0.6 is 0 Å². The third-order valence-electron chi connectivity index (χ3n) is 2.57. The molecule has 1 aliphatic carbocycles. The van der Waals surface area contributed by atoms with Gasteiger partial charge in [0.2, 0.25) is 23.1 Å². The zero-order valence-corrected chi connectivity index (χ0v) is 10.8. The Balaban J connectivity index is 3.24. The van der Waals surface area contributed by atoms with Crippen molar-refractivity contribution in [1.29, 1.82) is 0 Å². The maximum Gasteiger partial charge on any atom is 0.229 e. The van der Waals surface area contributed by atoms with Gasteiger partial charge in [-0.15, -0.1) is 0 Å². The number of likely N-dealkylation sites (N-methyl/N-ethyl adjacent to an activating group) is 1. The highest BCUT2D eigenvalue weighted by Crippen LogP contribution is 2.25. The zero-order chi connectivity index (χ0) is 13.2. The molecule has 0 aromatic carbocycles. The summed E-state index contributed by atoms with van der Waals surface area (Å²) >= 11 is 0. The summed E-state index contributed by atoms with van der Waals surface area (Å²) in [5.41, 5.74) is 0.874. The molecule has 0 heterocycles. The molecular weight excluding hydrogens is 222 g/mol. The summed E-state index contributed by atoms with van der Waals surface area (Å²) in [7, 11) is 6.37. The molecule has 0 aliphatic heterocycles. The second-order valence-corrected chi connectivity index (χ2v) is 4.07. The number of methoxy groups -OCH3 is 2. The van der Waals surface area contributed by atoms with Gasteiger partial charge in [-0.2, -0.15) is 0 Å². The molecule has 1 rings (SSSR count). The van der Waals surface area contributed by atoms with E-state index >= 15 is 0 Å². The van der Waals surface area contributed by atoms with Gasteiger partial charge in [0.1, 0.15) is 0 Å². The lowest BCUT2D eigenvalue weighted by Gasteiger charge is -2.22. The highest BCUT2D eigenvalue weighted by atomic mass is 16.5. The van der Waals surface area contributed by atoms with Gasteiger partial charge in [-0.1, -0.05) is 0 Å². The van der Waals surface area contributed by atoms with Gasteiger partial charge in [0.05, 0.1) is 14.2 Å². The van der Waals surface area contributed by atoms with Crippen LogP contribution in [-0.2, 0) is 19.1 Å². The Morgan fingerprint density at radius 1 is 1.00 bits per heavy atom. The Morgan fingerprint density at radius 3 is 1.88 bits per heavy atom. The molecule has 0 aromatic rings. The normalized spacial score (nSPS) is 17.1. The fourth-order valence-electron chi connectivity index (χ4n) is 1.70. The largest absolute Gasteiger partial charge is 0.489 e. The first-order valence-electron chi connectivity index (χ1n) is 5.20. The molecular formula is C12H17NO4. The molecule has 5 nitrogen and oxygen atoms in total. The summed E-state index contributed by atoms with van der Waals surface area (Å²) in [6.45, 7) is 2.03. The van der Waals surface area contributed by atoms with Gasteiger partial charge < -0.3 is 14.4 Å². The van der Waals surface area contributed by atoms with Crippen LogP contribution in [0.2, 0.25) is 0 Å². The Bertz CT molecular complexity index is 418. The van der Waals surface area contributed by atoms with E-state index in [4.69, 9.17) is 9.47 Å². The molecule has 0 unspecified atom stereocenters. The number of allylic oxidation sites excluding steroid dienone is 2. The first kappa shape index (κ1) is 13.4. The Morgan fingerprint density at radius 2 is 1.47 bits per heavy atom. The summed E-state index contributed by atoms with van der Waals surface area (Å²) in [5.74, 6) is -0.603. The summed E-state index contributed by atoms with van der Waals surface area (Å²) in [6, 6.07) is 0. The number of rotatable bonds is 4. The minimum Gasteiger partial charge on any atom is -0.489 e. The van der Waals surface area contributed by atoms with Crippen LogP contribution in [0.1, 0.15) is 6.92 Å². The number of hydrogen-bond acceptors (Lipinski definition) is 5. The predicted molar refractivity (Wildman–Crippen MR) is 62.3 cm³/mol. The van der Waals surface area contributed by atoms with Crippen LogP contribution in [-0.4, -0.2) is 51.3 Å². The van der Waals surface area contributed by atoms with E-state index in [1.54, 1.807) is 6.92 Å². The molecule has 0 saturated carbocycles. The summed E-state index contributed by atoms with van der Waals surface area (Å²) in [4.78, 5) is 25.9. The standard InChI is InChI=1S/C12H17NO4/c1-7-8(6-13(2)3)10(15)12(17-5)11(16-4)9(7)14/h6H2,1-5H3. The van der Waals surface area contributed by atoms with Crippen molar-refractivity contribution in [2.45, 2.75) is 6.92 Å². The number of hydrogen-bond donors (Lipinski definition) is 0. The summed E-state index contributed by atoms with van der Waals surface area (Å²) in [5, 5.41) is 0. The smallest absolute Gasteiger partial charge is 0.229 e. The number of ether oxygens (including phenoxy) is 2. The van der Waals surface area contributed by atoms with Crippen LogP contribution in [0.5, 0.6) is 0 Å². The van der Waals surface area contributed by atoms with E-state index in [1.807, 2.05) is 19.0 Å². The summed E-state index contributed by atoms with van der Waals surface area (Å²) < 4.78 is 9.91.